The normalized spacial score (nSPS) is 12.7. The second-order valence-electron chi connectivity index (χ2n) is 4.78. The first-order valence-electron chi connectivity index (χ1n) is 6.26. The van der Waals surface area contributed by atoms with E-state index in [0.717, 1.165) is 16.8 Å². The lowest BCUT2D eigenvalue weighted by Crippen LogP contribution is -2.27. The van der Waals surface area contributed by atoms with Crippen LogP contribution in [-0.4, -0.2) is 24.1 Å². The average Bonchev–Trinajstić information content (AvgIpc) is 2.81. The molecular weight excluding hydrogens is 244 g/mol. The van der Waals surface area contributed by atoms with Crippen LogP contribution in [-0.2, 0) is 9.53 Å². The molecule has 1 aromatic heterocycles. The lowest BCUT2D eigenvalue weighted by Gasteiger charge is -2.12. The van der Waals surface area contributed by atoms with Crippen molar-refractivity contribution < 1.29 is 13.9 Å². The summed E-state index contributed by atoms with van der Waals surface area (Å²) in [4.78, 5) is 15.8. The molecule has 0 aliphatic rings. The number of nitrogens with zero attached hydrogens (tertiary/aromatic N) is 1. The quantitative estimate of drug-likeness (QED) is 0.858. The highest BCUT2D eigenvalue weighted by molar-refractivity contribution is 5.81. The first-order valence-corrected chi connectivity index (χ1v) is 6.26. The third-order valence-electron chi connectivity index (χ3n) is 2.84. The van der Waals surface area contributed by atoms with Crippen molar-refractivity contribution in [3.8, 4) is 0 Å². The minimum absolute atomic E-state index is 0.248. The van der Waals surface area contributed by atoms with Crippen molar-refractivity contribution in [3.05, 3.63) is 24.1 Å². The summed E-state index contributed by atoms with van der Waals surface area (Å²) in [6.07, 6.45) is 0. The number of oxazole rings is 1. The number of benzene rings is 1. The Balaban J connectivity index is 2.23. The van der Waals surface area contributed by atoms with E-state index in [2.05, 4.69) is 15.0 Å². The maximum absolute atomic E-state index is 11.4. The molecule has 2 rings (SSSR count). The number of carbonyl (C=O) groups is 1. The van der Waals surface area contributed by atoms with Crippen molar-refractivity contribution >= 4 is 22.8 Å². The molecule has 102 valence electrons. The lowest BCUT2D eigenvalue weighted by atomic mass is 10.2. The van der Waals surface area contributed by atoms with E-state index in [-0.39, 0.29) is 11.9 Å². The van der Waals surface area contributed by atoms with Crippen LogP contribution in [0.25, 0.3) is 11.1 Å². The van der Waals surface area contributed by atoms with Crippen molar-refractivity contribution in [2.24, 2.45) is 0 Å². The van der Waals surface area contributed by atoms with Crippen LogP contribution in [0.15, 0.2) is 22.6 Å². The fraction of sp³-hybridized carbons (Fsp3) is 0.429. The fourth-order valence-corrected chi connectivity index (χ4v) is 1.77. The van der Waals surface area contributed by atoms with E-state index < -0.39 is 6.04 Å². The molecule has 5 nitrogen and oxygen atoms in total. The smallest absolute Gasteiger partial charge is 0.327 e. The predicted octanol–water partition coefficient (Wildman–Crippen LogP) is 2.92. The number of methoxy groups -OCH3 is 1. The zero-order valence-electron chi connectivity index (χ0n) is 11.6. The van der Waals surface area contributed by atoms with Gasteiger partial charge in [0.25, 0.3) is 0 Å². The first kappa shape index (κ1) is 13.4. The van der Waals surface area contributed by atoms with Gasteiger partial charge in [0.15, 0.2) is 11.5 Å². The van der Waals surface area contributed by atoms with Gasteiger partial charge < -0.3 is 14.5 Å². The number of esters is 1. The maximum atomic E-state index is 11.4. The number of carbonyl (C=O) groups excluding carboxylic acids is 1. The van der Waals surface area contributed by atoms with E-state index in [1.807, 2.05) is 32.0 Å². The number of fused-ring (bicyclic) bond motifs is 1. The van der Waals surface area contributed by atoms with E-state index in [1.54, 1.807) is 6.92 Å². The molecule has 0 radical (unpaired) electrons. The number of rotatable bonds is 4. The zero-order chi connectivity index (χ0) is 14.0. The van der Waals surface area contributed by atoms with Gasteiger partial charge in [-0.1, -0.05) is 13.8 Å². The van der Waals surface area contributed by atoms with E-state index in [9.17, 15) is 4.79 Å². The third kappa shape index (κ3) is 2.86. The van der Waals surface area contributed by atoms with Gasteiger partial charge in [0.2, 0.25) is 0 Å². The van der Waals surface area contributed by atoms with Gasteiger partial charge in [-0.25, -0.2) is 9.78 Å². The Morgan fingerprint density at radius 2 is 2.11 bits per heavy atom. The Kier molecular flexibility index (Phi) is 3.74. The van der Waals surface area contributed by atoms with Gasteiger partial charge in [-0.3, -0.25) is 0 Å². The number of ether oxygens (including phenoxy) is 1. The molecule has 0 aliphatic heterocycles. The maximum Gasteiger partial charge on any atom is 0.327 e. The van der Waals surface area contributed by atoms with Crippen molar-refractivity contribution in [1.29, 1.82) is 0 Å². The summed E-state index contributed by atoms with van der Waals surface area (Å²) in [6.45, 7) is 5.81. The molecule has 1 heterocycles. The molecule has 5 heteroatoms. The Bertz CT molecular complexity index is 589. The highest BCUT2D eigenvalue weighted by Crippen LogP contribution is 2.24. The summed E-state index contributed by atoms with van der Waals surface area (Å²) >= 11 is 0. The summed E-state index contributed by atoms with van der Waals surface area (Å²) in [7, 11) is 1.37. The zero-order valence-corrected chi connectivity index (χ0v) is 11.6. The summed E-state index contributed by atoms with van der Waals surface area (Å²) in [5.74, 6) is 0.661. The van der Waals surface area contributed by atoms with Crippen molar-refractivity contribution in [2.45, 2.75) is 32.7 Å². The number of anilines is 1. The fourth-order valence-electron chi connectivity index (χ4n) is 1.77. The van der Waals surface area contributed by atoms with Crippen LogP contribution in [0.1, 0.15) is 32.6 Å². The molecule has 0 saturated carbocycles. The SMILES string of the molecule is COC(=O)C(C)Nc1ccc2oc(C(C)C)nc2c1. The second-order valence-corrected chi connectivity index (χ2v) is 4.78. The van der Waals surface area contributed by atoms with Gasteiger partial charge in [0, 0.05) is 11.6 Å². The Labute approximate surface area is 112 Å². The third-order valence-corrected chi connectivity index (χ3v) is 2.84. The van der Waals surface area contributed by atoms with Crippen molar-refractivity contribution in [3.63, 3.8) is 0 Å². The first-order chi connectivity index (χ1) is 9.01. The molecule has 0 saturated heterocycles. The van der Waals surface area contributed by atoms with Gasteiger partial charge in [-0.15, -0.1) is 0 Å². The molecule has 1 atom stereocenters. The van der Waals surface area contributed by atoms with E-state index >= 15 is 0 Å². The Morgan fingerprint density at radius 1 is 1.37 bits per heavy atom. The molecule has 0 amide bonds. The summed E-state index contributed by atoms with van der Waals surface area (Å²) < 4.78 is 10.3. The molecule has 0 bridgehead atoms. The second kappa shape index (κ2) is 5.30. The van der Waals surface area contributed by atoms with Crippen LogP contribution >= 0.6 is 0 Å². The Morgan fingerprint density at radius 3 is 2.74 bits per heavy atom. The number of hydrogen-bond donors (Lipinski definition) is 1. The molecule has 2 aromatic rings. The molecule has 0 aliphatic carbocycles. The molecule has 0 spiro atoms. The van der Waals surface area contributed by atoms with Gasteiger partial charge in [-0.2, -0.15) is 0 Å². The van der Waals surface area contributed by atoms with Crippen LogP contribution in [0, 0.1) is 0 Å². The summed E-state index contributed by atoms with van der Waals surface area (Å²) in [5, 5.41) is 3.07. The average molecular weight is 262 g/mol. The van der Waals surface area contributed by atoms with Crippen LogP contribution in [0.2, 0.25) is 0 Å². The molecule has 1 aromatic carbocycles. The summed E-state index contributed by atoms with van der Waals surface area (Å²) in [6, 6.07) is 5.17. The molecule has 1 unspecified atom stereocenters. The molecular formula is C14H18N2O3. The van der Waals surface area contributed by atoms with Gasteiger partial charge in [0.1, 0.15) is 11.6 Å². The van der Waals surface area contributed by atoms with Crippen LogP contribution in [0.3, 0.4) is 0 Å². The van der Waals surface area contributed by atoms with Gasteiger partial charge in [0.05, 0.1) is 7.11 Å². The predicted molar refractivity (Wildman–Crippen MR) is 73.2 cm³/mol. The number of aromatic nitrogens is 1. The number of hydrogen-bond acceptors (Lipinski definition) is 5. The van der Waals surface area contributed by atoms with Crippen LogP contribution < -0.4 is 5.32 Å². The largest absolute Gasteiger partial charge is 0.467 e. The van der Waals surface area contributed by atoms with Crippen LogP contribution in [0.5, 0.6) is 0 Å². The summed E-state index contributed by atoms with van der Waals surface area (Å²) in [5.41, 5.74) is 2.35. The van der Waals surface area contributed by atoms with Gasteiger partial charge >= 0.3 is 5.97 Å². The van der Waals surface area contributed by atoms with E-state index in [1.165, 1.54) is 7.11 Å². The Hall–Kier alpha value is -2.04. The monoisotopic (exact) mass is 262 g/mol. The van der Waals surface area contributed by atoms with Gasteiger partial charge in [-0.05, 0) is 25.1 Å². The lowest BCUT2D eigenvalue weighted by molar-refractivity contribution is -0.141. The van der Waals surface area contributed by atoms with E-state index in [0.29, 0.717) is 5.89 Å². The molecule has 1 N–H and O–H groups in total. The van der Waals surface area contributed by atoms with Crippen molar-refractivity contribution in [2.75, 3.05) is 12.4 Å². The highest BCUT2D eigenvalue weighted by atomic mass is 16.5. The topological polar surface area (TPSA) is 64.4 Å². The highest BCUT2D eigenvalue weighted by Gasteiger charge is 2.14. The standard InChI is InChI=1S/C14H18N2O3/c1-8(2)13-16-11-7-10(5-6-12(11)19-13)15-9(3)14(17)18-4/h5-9,15H,1-4H3. The number of nitrogens with one attached hydrogen (secondary N) is 1. The minimum Gasteiger partial charge on any atom is -0.467 e. The van der Waals surface area contributed by atoms with E-state index in [4.69, 9.17) is 4.42 Å². The minimum atomic E-state index is -0.404. The van der Waals surface area contributed by atoms with Crippen molar-refractivity contribution in [1.82, 2.24) is 4.98 Å². The van der Waals surface area contributed by atoms with Crippen LogP contribution in [0.4, 0.5) is 5.69 Å². The molecule has 0 fully saturated rings. The molecule has 19 heavy (non-hydrogen) atoms.